The number of carbonyl (C=O) groups excluding carboxylic acids is 3. The van der Waals surface area contributed by atoms with Gasteiger partial charge in [-0.1, -0.05) is 37.1 Å². The second-order valence-corrected chi connectivity index (χ2v) is 9.11. The summed E-state index contributed by atoms with van der Waals surface area (Å²) in [5, 5.41) is 6.50. The lowest BCUT2D eigenvalue weighted by molar-refractivity contribution is -0.133. The van der Waals surface area contributed by atoms with Gasteiger partial charge >= 0.3 is 11.8 Å². The molecule has 0 saturated carbocycles. The molecule has 3 amide bonds. The van der Waals surface area contributed by atoms with Gasteiger partial charge in [-0.2, -0.15) is 0 Å². The highest BCUT2D eigenvalue weighted by molar-refractivity contribution is 6.42. The van der Waals surface area contributed by atoms with Crippen LogP contribution in [0.15, 0.2) is 72.8 Å². The summed E-state index contributed by atoms with van der Waals surface area (Å²) in [5.41, 5.74) is 5.38. The van der Waals surface area contributed by atoms with Gasteiger partial charge in [-0.25, -0.2) is 4.68 Å². The van der Waals surface area contributed by atoms with Crippen molar-refractivity contribution in [3.63, 3.8) is 0 Å². The van der Waals surface area contributed by atoms with E-state index in [1.54, 1.807) is 60.7 Å². The van der Waals surface area contributed by atoms with E-state index in [-0.39, 0.29) is 5.69 Å². The first-order valence-electron chi connectivity index (χ1n) is 12.4. The number of amides is 3. The molecule has 0 bridgehead atoms. The number of rotatable bonds is 9. The predicted octanol–water partition coefficient (Wildman–Crippen LogP) is 6.00. The number of benzene rings is 3. The fourth-order valence-corrected chi connectivity index (χ4v) is 4.13. The molecule has 0 saturated heterocycles. The van der Waals surface area contributed by atoms with Gasteiger partial charge in [0.2, 0.25) is 0 Å². The Balaban J connectivity index is 1.52. The number of halogens is 1. The van der Waals surface area contributed by atoms with E-state index in [2.05, 4.69) is 23.0 Å². The molecule has 0 fully saturated rings. The van der Waals surface area contributed by atoms with Crippen LogP contribution in [0.5, 0.6) is 5.75 Å². The Hall–Kier alpha value is -4.30. The molecule has 0 aliphatic carbocycles. The molecule has 8 nitrogen and oxygen atoms in total. The maximum atomic E-state index is 13.2. The first-order valence-corrected chi connectivity index (χ1v) is 12.8. The molecule has 9 heteroatoms. The lowest BCUT2D eigenvalue weighted by atomic mass is 10.1. The number of nitrogens with zero attached hydrogens (tertiary/aromatic N) is 1. The molecule has 0 unspecified atom stereocenters. The maximum absolute atomic E-state index is 13.2. The minimum Gasteiger partial charge on any atom is -0.494 e. The molecule has 1 aromatic heterocycles. The number of carbonyl (C=O) groups is 3. The minimum atomic E-state index is -0.928. The summed E-state index contributed by atoms with van der Waals surface area (Å²) in [6.45, 7) is 4.55. The topological polar surface area (TPSA) is 101 Å². The van der Waals surface area contributed by atoms with E-state index in [1.807, 2.05) is 19.1 Å². The molecular formula is C29H29ClN4O4. The molecule has 1 heterocycles. The predicted molar refractivity (Wildman–Crippen MR) is 151 cm³/mol. The van der Waals surface area contributed by atoms with Gasteiger partial charge in [0.1, 0.15) is 11.4 Å². The van der Waals surface area contributed by atoms with Crippen LogP contribution in [0.2, 0.25) is 5.02 Å². The summed E-state index contributed by atoms with van der Waals surface area (Å²) in [6.07, 6.45) is 3.13. The first kappa shape index (κ1) is 26.8. The van der Waals surface area contributed by atoms with Crippen LogP contribution >= 0.6 is 11.6 Å². The summed E-state index contributed by atoms with van der Waals surface area (Å²) in [7, 11) is 0. The van der Waals surface area contributed by atoms with Gasteiger partial charge in [-0.15, -0.1) is 0 Å². The molecule has 0 spiro atoms. The van der Waals surface area contributed by atoms with Crippen LogP contribution in [0, 0.1) is 0 Å². The summed E-state index contributed by atoms with van der Waals surface area (Å²) < 4.78 is 6.72. The zero-order chi connectivity index (χ0) is 27.1. The highest BCUT2D eigenvalue weighted by Gasteiger charge is 2.21. The Morgan fingerprint density at radius 2 is 1.53 bits per heavy atom. The number of aryl methyl sites for hydroxylation is 1. The Morgan fingerprint density at radius 3 is 2.21 bits per heavy atom. The number of hydrogen-bond donors (Lipinski definition) is 3. The van der Waals surface area contributed by atoms with Gasteiger partial charge in [0.25, 0.3) is 5.91 Å². The van der Waals surface area contributed by atoms with E-state index in [4.69, 9.17) is 16.3 Å². The van der Waals surface area contributed by atoms with Crippen molar-refractivity contribution in [2.75, 3.05) is 22.7 Å². The van der Waals surface area contributed by atoms with Crippen LogP contribution in [0.1, 0.15) is 42.7 Å². The Morgan fingerprint density at radius 1 is 0.842 bits per heavy atom. The largest absolute Gasteiger partial charge is 0.494 e. The van der Waals surface area contributed by atoms with Crippen LogP contribution in [0.4, 0.5) is 11.4 Å². The van der Waals surface area contributed by atoms with Crippen molar-refractivity contribution in [3.05, 3.63) is 89.1 Å². The summed E-state index contributed by atoms with van der Waals surface area (Å²) in [6, 6.07) is 20.9. The van der Waals surface area contributed by atoms with Gasteiger partial charge in [-0.3, -0.25) is 19.8 Å². The summed E-state index contributed by atoms with van der Waals surface area (Å²) in [4.78, 5) is 38.7. The molecule has 4 aromatic rings. The number of unbranched alkanes of at least 4 members (excludes halogenated alkanes) is 1. The Bertz CT molecular complexity index is 1450. The maximum Gasteiger partial charge on any atom is 0.328 e. The fraction of sp³-hybridized carbons (Fsp3) is 0.207. The average molecular weight is 533 g/mol. The standard InChI is InChI=1S/C29H29ClN4O4/c1-3-5-6-19-7-10-22(11-8-19)32-28(36)29(37)33-34-25-16-9-21(30)17-20(25)18-26(34)27(35)31-23-12-14-24(15-13-23)38-4-2/h7-18H,3-6H2,1-2H3,(H,31,35)(H,32,36)(H,33,37). The minimum absolute atomic E-state index is 0.123. The highest BCUT2D eigenvalue weighted by Crippen LogP contribution is 2.24. The lowest BCUT2D eigenvalue weighted by Crippen LogP contribution is -2.36. The van der Waals surface area contributed by atoms with Crippen molar-refractivity contribution in [1.82, 2.24) is 4.68 Å². The monoisotopic (exact) mass is 532 g/mol. The summed E-state index contributed by atoms with van der Waals surface area (Å²) >= 11 is 6.14. The molecule has 0 atom stereocenters. The zero-order valence-corrected chi connectivity index (χ0v) is 22.0. The van der Waals surface area contributed by atoms with Crippen molar-refractivity contribution < 1.29 is 19.1 Å². The third-order valence-corrected chi connectivity index (χ3v) is 6.10. The SMILES string of the molecule is CCCCc1ccc(NC(=O)C(=O)Nn2c(C(=O)Nc3ccc(OCC)cc3)cc3cc(Cl)ccc32)cc1. The lowest BCUT2D eigenvalue weighted by Gasteiger charge is -2.13. The van der Waals surface area contributed by atoms with E-state index >= 15 is 0 Å². The number of anilines is 2. The molecule has 3 N–H and O–H groups in total. The second kappa shape index (κ2) is 12.3. The van der Waals surface area contributed by atoms with Crippen molar-refractivity contribution >= 4 is 51.6 Å². The van der Waals surface area contributed by atoms with E-state index in [0.29, 0.717) is 39.7 Å². The number of fused-ring (bicyclic) bond motifs is 1. The van der Waals surface area contributed by atoms with Crippen LogP contribution in [0.3, 0.4) is 0 Å². The van der Waals surface area contributed by atoms with Gasteiger partial charge in [-0.05, 0) is 86.0 Å². The molecule has 0 aliphatic heterocycles. The highest BCUT2D eigenvalue weighted by atomic mass is 35.5. The number of ether oxygens (including phenoxy) is 1. The van der Waals surface area contributed by atoms with E-state index in [0.717, 1.165) is 24.8 Å². The van der Waals surface area contributed by atoms with Gasteiger partial charge in [0.05, 0.1) is 12.1 Å². The molecule has 3 aromatic carbocycles. The molecule has 0 radical (unpaired) electrons. The van der Waals surface area contributed by atoms with Gasteiger partial charge in [0.15, 0.2) is 0 Å². The number of aromatic nitrogens is 1. The average Bonchev–Trinajstić information content (AvgIpc) is 3.26. The molecule has 38 heavy (non-hydrogen) atoms. The second-order valence-electron chi connectivity index (χ2n) is 8.68. The van der Waals surface area contributed by atoms with Crippen LogP contribution in [-0.2, 0) is 16.0 Å². The van der Waals surface area contributed by atoms with Gasteiger partial charge in [0, 0.05) is 21.8 Å². The van der Waals surface area contributed by atoms with Crippen LogP contribution in [0.25, 0.3) is 10.9 Å². The smallest absolute Gasteiger partial charge is 0.328 e. The third kappa shape index (κ3) is 6.52. The van der Waals surface area contributed by atoms with E-state index < -0.39 is 17.7 Å². The van der Waals surface area contributed by atoms with Crippen molar-refractivity contribution in [1.29, 1.82) is 0 Å². The number of hydrogen-bond acceptors (Lipinski definition) is 4. The fourth-order valence-electron chi connectivity index (χ4n) is 3.95. The molecular weight excluding hydrogens is 504 g/mol. The quantitative estimate of drug-likeness (QED) is 0.230. The van der Waals surface area contributed by atoms with Crippen molar-refractivity contribution in [2.24, 2.45) is 0 Å². The zero-order valence-electron chi connectivity index (χ0n) is 21.2. The normalized spacial score (nSPS) is 10.7. The molecule has 4 rings (SSSR count). The molecule has 196 valence electrons. The van der Waals surface area contributed by atoms with Gasteiger partial charge < -0.3 is 15.4 Å². The van der Waals surface area contributed by atoms with Crippen LogP contribution < -0.4 is 20.8 Å². The van der Waals surface area contributed by atoms with E-state index in [1.165, 1.54) is 4.68 Å². The van der Waals surface area contributed by atoms with E-state index in [9.17, 15) is 14.4 Å². The Kier molecular flexibility index (Phi) is 8.66. The third-order valence-electron chi connectivity index (χ3n) is 5.87. The Labute approximate surface area is 225 Å². The molecule has 0 aliphatic rings. The van der Waals surface area contributed by atoms with Crippen molar-refractivity contribution in [3.8, 4) is 5.75 Å². The number of nitrogens with one attached hydrogen (secondary N) is 3. The summed E-state index contributed by atoms with van der Waals surface area (Å²) in [5.74, 6) is -1.59. The first-order chi connectivity index (χ1) is 18.4. The van der Waals surface area contributed by atoms with Crippen LogP contribution in [-0.4, -0.2) is 29.0 Å². The van der Waals surface area contributed by atoms with Crippen molar-refractivity contribution in [2.45, 2.75) is 33.1 Å².